The summed E-state index contributed by atoms with van der Waals surface area (Å²) in [5.74, 6) is -0.661. The molecule has 9 unspecified atom stereocenters. The van der Waals surface area contributed by atoms with Crippen molar-refractivity contribution in [2.75, 3.05) is 126 Å². The lowest BCUT2D eigenvalue weighted by Gasteiger charge is -2.35. The first kappa shape index (κ1) is 109. The molecular weight excluding hydrogens is 1990 g/mol. The summed E-state index contributed by atoms with van der Waals surface area (Å²) in [6.45, 7) is -6.74. The van der Waals surface area contributed by atoms with Gasteiger partial charge in [0.25, 0.3) is 22.6 Å². The highest BCUT2D eigenvalue weighted by Crippen LogP contribution is 2.57. The summed E-state index contributed by atoms with van der Waals surface area (Å²) in [5, 5.41) is 14.4. The van der Waals surface area contributed by atoms with Gasteiger partial charge in [0.05, 0.1) is 98.1 Å². The van der Waals surface area contributed by atoms with E-state index in [2.05, 4.69) is 36.8 Å². The molecule has 63 heteroatoms. The van der Waals surface area contributed by atoms with Crippen LogP contribution in [-0.4, -0.2) is 306 Å². The lowest BCUT2D eigenvalue weighted by Crippen LogP contribution is -2.48. The number of phosphoric ester groups is 2. The number of nitrogens with zero attached hydrogens (tertiary/aromatic N) is 8. The van der Waals surface area contributed by atoms with Crippen LogP contribution in [0.5, 0.6) is 0 Å². The van der Waals surface area contributed by atoms with Crippen LogP contribution in [0.4, 0.5) is 11.6 Å². The van der Waals surface area contributed by atoms with Crippen LogP contribution in [0.3, 0.4) is 0 Å². The number of nitrogens with two attached hydrogens (primary N) is 2. The summed E-state index contributed by atoms with van der Waals surface area (Å²) in [6.07, 6.45) is -27.8. The molecule has 0 bridgehead atoms. The van der Waals surface area contributed by atoms with Crippen LogP contribution in [0.1, 0.15) is 92.1 Å². The third-order valence-corrected chi connectivity index (χ3v) is 29.1. The van der Waals surface area contributed by atoms with E-state index in [4.69, 9.17) is 158 Å². The molecule has 6 fully saturated rings. The normalized spacial score (nSPS) is 30.2. The Kier molecular flexibility index (Phi) is 37.3. The number of carbonyl (C=O) groups excluding carboxylic acids is 1. The quantitative estimate of drug-likeness (QED) is 0.0154. The van der Waals surface area contributed by atoms with Crippen LogP contribution >= 0.6 is 35.8 Å². The van der Waals surface area contributed by atoms with Gasteiger partial charge in [-0.05, 0) is 83.4 Å². The maximum atomic E-state index is 15.2. The minimum absolute atomic E-state index is 0.00856. The van der Waals surface area contributed by atoms with Gasteiger partial charge in [-0.15, -0.1) is 0 Å². The molecule has 12 rings (SSSR count). The van der Waals surface area contributed by atoms with E-state index < -0.39 is 268 Å². The Balaban J connectivity index is 0.822. The SMILES string of the molecule is C=C1NC(=O)C(C)=CN1[C@@H]1O[C@H](COP(O)(=S)O[C@@H]2C(OCCOC)[C@H](n3cc(C)c(=O)[nH]c3=O)O[C@@H]2COP(O)(=S)O[C@@H]2C(OCCOC)[C@H](n3cc(C)c(N)nc3=O)O[C@@H]2COP(=O)(O)O[C@@H]2C(OCCOC)[C@H](n3cc(C)c(=O)[nH]c3=O)O[C@@H]2COP(=O)(O)O[C@@H]2C[C@H](n3cc(C)c(=O)[nH]c3=O)O[C@@H]2COP(O)(=S)O[C@@H]2C[C@H](n3cc(C)c(N)nc3=O)O[C@@H]2CC)[C@H](O)C1OCCOC. The van der Waals surface area contributed by atoms with Crippen LogP contribution in [0.15, 0.2) is 93.5 Å². The maximum absolute atomic E-state index is 15.2. The number of aromatic nitrogens is 10. The molecule has 7 aliphatic rings. The molecule has 0 aromatic carbocycles. The van der Waals surface area contributed by atoms with E-state index in [1.807, 2.05) is 0 Å². The molecule has 764 valence electrons. The molecule has 12 heterocycles. The first-order valence-corrected chi connectivity index (χ1v) is 52.9. The van der Waals surface area contributed by atoms with Crippen molar-refractivity contribution in [3.8, 4) is 0 Å². The van der Waals surface area contributed by atoms with E-state index in [1.165, 1.54) is 91.1 Å². The molecule has 27 atom stereocenters. The average molecular weight is 2100 g/mol. The number of anilines is 2. The Bertz CT molecular complexity index is 5950. The van der Waals surface area contributed by atoms with Gasteiger partial charge in [0.15, 0.2) is 24.9 Å². The topological polar surface area (TPSA) is 696 Å². The number of aromatic amines is 3. The van der Waals surface area contributed by atoms with Crippen molar-refractivity contribution in [2.24, 2.45) is 0 Å². The molecule has 14 N–H and O–H groups in total. The number of rotatable bonds is 48. The molecule has 137 heavy (non-hydrogen) atoms. The monoisotopic (exact) mass is 2100 g/mol. The number of aliphatic hydroxyl groups is 1. The fourth-order valence-corrected chi connectivity index (χ4v) is 21.8. The van der Waals surface area contributed by atoms with E-state index in [0.29, 0.717) is 5.56 Å². The molecule has 55 nitrogen and oxygen atoms in total. The molecule has 5 aromatic heterocycles. The molecule has 5 aromatic rings. The van der Waals surface area contributed by atoms with E-state index in [1.54, 1.807) is 13.8 Å². The van der Waals surface area contributed by atoms with Gasteiger partial charge < -0.3 is 136 Å². The Labute approximate surface area is 792 Å². The van der Waals surface area contributed by atoms with Gasteiger partial charge in [-0.25, -0.2) is 33.1 Å². The van der Waals surface area contributed by atoms with E-state index in [-0.39, 0.29) is 104 Å². The van der Waals surface area contributed by atoms with Crippen molar-refractivity contribution in [2.45, 2.75) is 203 Å². The van der Waals surface area contributed by atoms with Crippen molar-refractivity contribution in [3.05, 3.63) is 166 Å². The van der Waals surface area contributed by atoms with Gasteiger partial charge in [-0.2, -0.15) is 9.97 Å². The Morgan fingerprint density at radius 1 is 0.431 bits per heavy atom. The van der Waals surface area contributed by atoms with Crippen LogP contribution in [0.2, 0.25) is 0 Å². The average Bonchev–Trinajstić information content (AvgIpc) is 1.62. The summed E-state index contributed by atoms with van der Waals surface area (Å²) >= 11 is 16.9. The second-order valence-electron chi connectivity index (χ2n) is 32.1. The zero-order valence-corrected chi connectivity index (χ0v) is 82.3. The van der Waals surface area contributed by atoms with E-state index in [0.717, 1.165) is 36.9 Å². The van der Waals surface area contributed by atoms with Crippen molar-refractivity contribution < 1.29 is 155 Å². The summed E-state index contributed by atoms with van der Waals surface area (Å²) in [4.78, 5) is 196. The number of nitrogen functional groups attached to an aromatic ring is 2. The fourth-order valence-electron chi connectivity index (χ4n) is 15.5. The van der Waals surface area contributed by atoms with Crippen LogP contribution in [0, 0.1) is 34.6 Å². The molecule has 0 aliphatic carbocycles. The van der Waals surface area contributed by atoms with Gasteiger partial charge in [0.1, 0.15) is 115 Å². The molecular formula is C74H109N14O41P5S3. The highest BCUT2D eigenvalue weighted by molar-refractivity contribution is 8.07. The molecule has 1 amide bonds. The predicted octanol–water partition coefficient (Wildman–Crippen LogP) is -1.59. The van der Waals surface area contributed by atoms with Crippen LogP contribution in [0.25, 0.3) is 0 Å². The van der Waals surface area contributed by atoms with Gasteiger partial charge in [-0.1, -0.05) is 13.5 Å². The van der Waals surface area contributed by atoms with Crippen LogP contribution in [-0.2, 0) is 161 Å². The number of nitrogens with one attached hydrogen (secondary N) is 4. The summed E-state index contributed by atoms with van der Waals surface area (Å²) < 4.78 is 178. The maximum Gasteiger partial charge on any atom is 0.472 e. The zero-order valence-electron chi connectivity index (χ0n) is 75.4. The molecule has 0 spiro atoms. The third kappa shape index (κ3) is 27.1. The van der Waals surface area contributed by atoms with Gasteiger partial charge >= 0.3 is 64.2 Å². The number of H-pyrrole nitrogens is 3. The lowest BCUT2D eigenvalue weighted by molar-refractivity contribution is -0.121. The second kappa shape index (κ2) is 46.8. The fraction of sp³-hybridized carbons (Fsp3) is 0.662. The van der Waals surface area contributed by atoms with Crippen molar-refractivity contribution >= 4 is 88.8 Å². The number of hydrogen-bond acceptors (Lipinski definition) is 44. The lowest BCUT2D eigenvalue weighted by atomic mass is 10.1. The Hall–Kier alpha value is -6.64. The molecule has 7 aliphatic heterocycles. The first-order chi connectivity index (χ1) is 64.7. The Morgan fingerprint density at radius 3 is 1.24 bits per heavy atom. The van der Waals surface area contributed by atoms with Crippen molar-refractivity contribution in [1.29, 1.82) is 0 Å². The largest absolute Gasteiger partial charge is 0.472 e. The molecule has 6 saturated heterocycles. The molecule has 0 radical (unpaired) electrons. The highest BCUT2D eigenvalue weighted by Gasteiger charge is 2.58. The van der Waals surface area contributed by atoms with Crippen LogP contribution < -0.4 is 61.9 Å². The van der Waals surface area contributed by atoms with E-state index >= 15 is 4.57 Å². The number of amides is 1. The van der Waals surface area contributed by atoms with Crippen molar-refractivity contribution in [3.63, 3.8) is 0 Å². The minimum atomic E-state index is -5.93. The summed E-state index contributed by atoms with van der Waals surface area (Å²) in [5.41, 5.74) is 5.24. The number of aryl methyl sites for hydroxylation is 5. The Morgan fingerprint density at radius 2 is 0.781 bits per heavy atom. The first-order valence-electron chi connectivity index (χ1n) is 42.1. The number of phosphoric acid groups is 2. The minimum Gasteiger partial charge on any atom is -0.387 e. The summed E-state index contributed by atoms with van der Waals surface area (Å²) in [6, 6.07) is 0. The molecule has 0 saturated carbocycles. The number of carbonyl (C=O) groups is 1. The summed E-state index contributed by atoms with van der Waals surface area (Å²) in [7, 11) is -6.28. The predicted molar refractivity (Wildman–Crippen MR) is 480 cm³/mol. The van der Waals surface area contributed by atoms with Gasteiger partial charge in [-0.3, -0.25) is 84.1 Å². The van der Waals surface area contributed by atoms with E-state index in [9.17, 15) is 77.3 Å². The number of methoxy groups -OCH3 is 4. The number of ether oxygens (including phenoxy) is 14. The number of hydrogen-bond donors (Lipinski definition) is 12. The standard InChI is InChI=1S/C74H109N14O41P5S3/c1-13-42-43(22-50(119-42)84-24-35(2)60(75)78-70(84)94)126-132(103,135)116-30-45-44(23-51(120-45)85-27-38(5)63(91)80-72(85)96)125-130(99,100)114-32-47-53(57(111-19-15-107-10)67(122-47)87-28-39(6)64(92)81-73(87)97)127-131(101,102)115-33-48-54(58(112-20-16-108-11)68(123-48)86-25-36(3)61(76)79-71(86)95)128-134(105,137)118-34-49-55(59(113-21-17-109-12)69(124-49)88-29-40(7)65(93)82-74(88)98)129-133(104,136)117-31-46-52(89)56(110-18-14-106-9)66(121-46)83-26-37(4)62(90)77-41(83)8/h24-29,42-59,66-69,89H,8,13-23,30-34H2,1-7,9-12H3,(H,77,90)(H,99,100)(H,101,102)(H,103,135)(H,104,136)(H,105,137)(H2,75,78,94)(H2,76,79,95)(H,80,91,96)(H,81,92,97)(H,82,93,98)/t42-,43-,44-,45-,46-,47-,48-,49-,50-,51-,52+,53+,54+,55+,56?,57?,58?,59?,66-,67-,68-,69-,132?,133?,134?/m1/s1. The smallest absolute Gasteiger partial charge is 0.387 e. The number of aliphatic hydroxyl groups excluding tert-OH is 1. The third-order valence-electron chi connectivity index (χ3n) is 22.4. The second-order valence-corrected chi connectivity index (χ2v) is 43.3. The van der Waals surface area contributed by atoms with Gasteiger partial charge in [0, 0.05) is 112 Å². The zero-order chi connectivity index (χ0) is 99.8. The van der Waals surface area contributed by atoms with Crippen molar-refractivity contribution in [1.82, 2.24) is 58.0 Å². The van der Waals surface area contributed by atoms with Gasteiger partial charge in [0.2, 0.25) is 0 Å². The highest BCUT2D eigenvalue weighted by atomic mass is 32.5.